The number of hydrogen-bond acceptors (Lipinski definition) is 5. The Kier molecular flexibility index (Phi) is 6.29. The molecule has 2 aliphatic carbocycles. The first-order chi connectivity index (χ1) is 12.5. The van der Waals surface area contributed by atoms with E-state index in [0.29, 0.717) is 4.88 Å². The van der Waals surface area contributed by atoms with Gasteiger partial charge in [-0.3, -0.25) is 10.1 Å². The summed E-state index contributed by atoms with van der Waals surface area (Å²) < 4.78 is 5.25. The van der Waals surface area contributed by atoms with Crippen molar-refractivity contribution in [1.82, 2.24) is 10.6 Å². The summed E-state index contributed by atoms with van der Waals surface area (Å²) >= 11 is 1.45. The Balaban J connectivity index is 1.47. The van der Waals surface area contributed by atoms with Crippen LogP contribution in [0.5, 0.6) is 0 Å². The molecule has 1 heterocycles. The van der Waals surface area contributed by atoms with E-state index in [1.807, 2.05) is 6.07 Å². The summed E-state index contributed by atoms with van der Waals surface area (Å²) in [5.41, 5.74) is 1.22. The van der Waals surface area contributed by atoms with Crippen LogP contribution in [0.15, 0.2) is 6.07 Å². The first-order valence-corrected chi connectivity index (χ1v) is 10.3. The molecule has 6 nitrogen and oxygen atoms in total. The quantitative estimate of drug-likeness (QED) is 0.787. The lowest BCUT2D eigenvalue weighted by Gasteiger charge is -2.23. The first-order valence-electron chi connectivity index (χ1n) is 9.47. The number of urea groups is 1. The molecule has 0 aliphatic heterocycles. The number of fused-ring (bicyclic) bond motifs is 1. The lowest BCUT2D eigenvalue weighted by molar-refractivity contribution is -0.127. The van der Waals surface area contributed by atoms with Crippen LogP contribution in [0.1, 0.15) is 72.0 Å². The maximum absolute atomic E-state index is 12.3. The van der Waals surface area contributed by atoms with Crippen LogP contribution in [0, 0.1) is 0 Å². The minimum atomic E-state index is -1.02. The average Bonchev–Trinajstić information content (AvgIpc) is 3.06. The molecular formula is C19H26N2O4S. The van der Waals surface area contributed by atoms with E-state index in [9.17, 15) is 14.4 Å². The molecule has 142 valence electrons. The zero-order valence-electron chi connectivity index (χ0n) is 15.1. The molecule has 7 heteroatoms. The molecule has 1 aromatic rings. The highest BCUT2D eigenvalue weighted by atomic mass is 32.1. The van der Waals surface area contributed by atoms with Crippen molar-refractivity contribution in [3.63, 3.8) is 0 Å². The summed E-state index contributed by atoms with van der Waals surface area (Å²) in [5, 5.41) is 5.08. The average molecular weight is 378 g/mol. The predicted octanol–water partition coefficient (Wildman–Crippen LogP) is 3.33. The van der Waals surface area contributed by atoms with Crippen molar-refractivity contribution in [2.75, 3.05) is 0 Å². The van der Waals surface area contributed by atoms with Gasteiger partial charge in [0.1, 0.15) is 4.88 Å². The smallest absolute Gasteiger partial charge is 0.349 e. The van der Waals surface area contributed by atoms with Crippen molar-refractivity contribution in [3.05, 3.63) is 21.4 Å². The molecular weight excluding hydrogens is 352 g/mol. The monoisotopic (exact) mass is 378 g/mol. The van der Waals surface area contributed by atoms with Gasteiger partial charge in [-0.2, -0.15) is 0 Å². The van der Waals surface area contributed by atoms with E-state index in [1.165, 1.54) is 35.1 Å². The first kappa shape index (κ1) is 18.9. The van der Waals surface area contributed by atoms with Crippen LogP contribution in [-0.4, -0.2) is 30.1 Å². The highest BCUT2D eigenvalue weighted by Gasteiger charge is 2.24. The van der Waals surface area contributed by atoms with E-state index in [0.717, 1.165) is 51.4 Å². The van der Waals surface area contributed by atoms with E-state index >= 15 is 0 Å². The second kappa shape index (κ2) is 8.66. The maximum atomic E-state index is 12.3. The van der Waals surface area contributed by atoms with Gasteiger partial charge in [-0.05, 0) is 57.1 Å². The number of imide groups is 1. The molecule has 0 spiro atoms. The van der Waals surface area contributed by atoms with E-state index in [1.54, 1.807) is 0 Å². The Bertz CT molecular complexity index is 656. The van der Waals surface area contributed by atoms with Gasteiger partial charge in [-0.1, -0.05) is 19.3 Å². The summed E-state index contributed by atoms with van der Waals surface area (Å²) in [5.74, 6) is -1.10. The summed E-state index contributed by atoms with van der Waals surface area (Å²) in [6.45, 7) is 1.48. The van der Waals surface area contributed by atoms with Gasteiger partial charge in [0.15, 0.2) is 6.10 Å². The van der Waals surface area contributed by atoms with Gasteiger partial charge < -0.3 is 10.1 Å². The molecule has 0 unspecified atom stereocenters. The summed E-state index contributed by atoms with van der Waals surface area (Å²) in [4.78, 5) is 38.1. The fourth-order valence-electron chi connectivity index (χ4n) is 3.55. The van der Waals surface area contributed by atoms with Gasteiger partial charge in [0.05, 0.1) is 0 Å². The van der Waals surface area contributed by atoms with E-state index in [2.05, 4.69) is 10.6 Å². The second-order valence-electron chi connectivity index (χ2n) is 7.11. The Morgan fingerprint density at radius 1 is 1.12 bits per heavy atom. The molecule has 0 bridgehead atoms. The number of hydrogen-bond donors (Lipinski definition) is 2. The van der Waals surface area contributed by atoms with Gasteiger partial charge in [-0.25, -0.2) is 9.59 Å². The Labute approximate surface area is 157 Å². The topological polar surface area (TPSA) is 84.5 Å². The van der Waals surface area contributed by atoms with Crippen LogP contribution in [0.4, 0.5) is 4.79 Å². The largest absolute Gasteiger partial charge is 0.448 e. The number of nitrogens with one attached hydrogen (secondary N) is 2. The zero-order valence-corrected chi connectivity index (χ0v) is 16.0. The Morgan fingerprint density at radius 3 is 2.58 bits per heavy atom. The third-order valence-corrected chi connectivity index (χ3v) is 6.25. The van der Waals surface area contributed by atoms with Crippen molar-refractivity contribution in [2.24, 2.45) is 0 Å². The molecule has 0 radical (unpaired) electrons. The minimum absolute atomic E-state index is 0.117. The van der Waals surface area contributed by atoms with E-state index < -0.39 is 24.0 Å². The molecule has 0 aromatic carbocycles. The fraction of sp³-hybridized carbons (Fsp3) is 0.632. The van der Waals surface area contributed by atoms with Crippen molar-refractivity contribution in [1.29, 1.82) is 0 Å². The molecule has 2 N–H and O–H groups in total. The van der Waals surface area contributed by atoms with Crippen molar-refractivity contribution >= 4 is 29.2 Å². The molecule has 1 atom stereocenters. The third kappa shape index (κ3) is 4.84. The molecule has 1 aromatic heterocycles. The highest BCUT2D eigenvalue weighted by molar-refractivity contribution is 7.14. The number of rotatable bonds is 4. The lowest BCUT2D eigenvalue weighted by atomic mass is 9.96. The van der Waals surface area contributed by atoms with Gasteiger partial charge in [0, 0.05) is 10.9 Å². The van der Waals surface area contributed by atoms with Gasteiger partial charge in [0.25, 0.3) is 5.91 Å². The molecule has 26 heavy (non-hydrogen) atoms. The van der Waals surface area contributed by atoms with E-state index in [-0.39, 0.29) is 6.04 Å². The predicted molar refractivity (Wildman–Crippen MR) is 99.4 cm³/mol. The highest BCUT2D eigenvalue weighted by Crippen LogP contribution is 2.30. The normalized spacial score (nSPS) is 18.5. The van der Waals surface area contributed by atoms with Crippen LogP contribution in [-0.2, 0) is 22.4 Å². The molecule has 3 amide bonds. The van der Waals surface area contributed by atoms with Crippen LogP contribution < -0.4 is 10.6 Å². The van der Waals surface area contributed by atoms with Crippen LogP contribution >= 0.6 is 11.3 Å². The molecule has 0 saturated heterocycles. The van der Waals surface area contributed by atoms with Gasteiger partial charge in [-0.15, -0.1) is 11.3 Å². The Hall–Kier alpha value is -1.89. The minimum Gasteiger partial charge on any atom is -0.448 e. The number of carbonyl (C=O) groups excluding carboxylic acids is 3. The molecule has 1 saturated carbocycles. The standard InChI is InChI=1S/C19H26N2O4S/c1-12(17(22)21-19(24)20-14-8-3-2-4-9-14)25-18(23)16-11-13-7-5-6-10-15(13)26-16/h11-12,14H,2-10H2,1H3,(H2,20,21,22,24)/t12-/m1/s1. The number of amides is 3. The molecule has 2 aliphatic rings. The van der Waals surface area contributed by atoms with Crippen molar-refractivity contribution in [3.8, 4) is 0 Å². The zero-order chi connectivity index (χ0) is 18.5. The van der Waals surface area contributed by atoms with Crippen LogP contribution in [0.3, 0.4) is 0 Å². The number of esters is 1. The third-order valence-electron chi connectivity index (χ3n) is 5.03. The maximum Gasteiger partial charge on any atom is 0.349 e. The molecule has 1 fully saturated rings. The number of aryl methyl sites for hydroxylation is 2. The fourth-order valence-corrected chi connectivity index (χ4v) is 4.68. The SMILES string of the molecule is C[C@@H](OC(=O)c1cc2c(s1)CCCC2)C(=O)NC(=O)NC1CCCCC1. The lowest BCUT2D eigenvalue weighted by Crippen LogP contribution is -2.48. The van der Waals surface area contributed by atoms with Crippen LogP contribution in [0.25, 0.3) is 0 Å². The molecule has 3 rings (SSSR count). The van der Waals surface area contributed by atoms with Crippen molar-refractivity contribution in [2.45, 2.75) is 76.9 Å². The number of thiophene rings is 1. The Morgan fingerprint density at radius 2 is 1.85 bits per heavy atom. The summed E-state index contributed by atoms with van der Waals surface area (Å²) in [6, 6.07) is 1.48. The second-order valence-corrected chi connectivity index (χ2v) is 8.25. The summed E-state index contributed by atoms with van der Waals surface area (Å²) in [6.07, 6.45) is 8.54. The van der Waals surface area contributed by atoms with Crippen LogP contribution in [0.2, 0.25) is 0 Å². The number of ether oxygens (including phenoxy) is 1. The number of carbonyl (C=O) groups is 3. The van der Waals surface area contributed by atoms with Gasteiger partial charge >= 0.3 is 12.0 Å². The summed E-state index contributed by atoms with van der Waals surface area (Å²) in [7, 11) is 0. The van der Waals surface area contributed by atoms with Gasteiger partial charge in [0.2, 0.25) is 0 Å². The van der Waals surface area contributed by atoms with E-state index in [4.69, 9.17) is 4.74 Å². The van der Waals surface area contributed by atoms with Crippen molar-refractivity contribution < 1.29 is 19.1 Å².